The van der Waals surface area contributed by atoms with Gasteiger partial charge in [-0.15, -0.1) is 0 Å². The van der Waals surface area contributed by atoms with Crippen LogP contribution in [0.25, 0.3) is 0 Å². The molecule has 298 valence electrons. The summed E-state index contributed by atoms with van der Waals surface area (Å²) in [6.45, 7) is 4.06. The lowest BCUT2D eigenvalue weighted by Crippen LogP contribution is -2.28. The summed E-state index contributed by atoms with van der Waals surface area (Å²) < 4.78 is 5.87. The highest BCUT2D eigenvalue weighted by atomic mass is 16.5. The van der Waals surface area contributed by atoms with Gasteiger partial charge in [0.1, 0.15) is 12.6 Å². The first kappa shape index (κ1) is 49.3. The molecule has 0 rings (SSSR count). The molecule has 6 nitrogen and oxygen atoms in total. The first-order chi connectivity index (χ1) is 26.0. The highest BCUT2D eigenvalue weighted by molar-refractivity contribution is 5.80. The zero-order chi connectivity index (χ0) is 38.7. The molecule has 0 fully saturated rings. The average molecular weight is 734 g/mol. The van der Waals surface area contributed by atoms with E-state index in [4.69, 9.17) is 9.84 Å². The number of carboxylic acids is 1. The first-order valence-electron chi connectivity index (χ1n) is 20.9. The van der Waals surface area contributed by atoms with Gasteiger partial charge in [0.15, 0.2) is 0 Å². The fourth-order valence-corrected chi connectivity index (χ4v) is 5.41. The molecule has 0 heterocycles. The number of rotatable bonds is 36. The molecule has 0 aliphatic heterocycles. The summed E-state index contributed by atoms with van der Waals surface area (Å²) in [5, 5.41) is 11.1. The number of hydrogen-bond donors (Lipinski definition) is 2. The molecule has 1 unspecified atom stereocenters. The van der Waals surface area contributed by atoms with Crippen molar-refractivity contribution in [1.29, 1.82) is 0 Å². The van der Waals surface area contributed by atoms with Gasteiger partial charge in [0.05, 0.1) is 0 Å². The number of hydrogen-bond acceptors (Lipinski definition) is 4. The Bertz CT molecular complexity index is 1120. The third kappa shape index (κ3) is 41.0. The van der Waals surface area contributed by atoms with E-state index < -0.39 is 5.97 Å². The van der Waals surface area contributed by atoms with Crippen LogP contribution in [-0.2, 0) is 19.1 Å². The van der Waals surface area contributed by atoms with Crippen LogP contribution >= 0.6 is 0 Å². The van der Waals surface area contributed by atoms with Gasteiger partial charge in [-0.05, 0) is 96.0 Å². The lowest BCUT2D eigenvalue weighted by atomic mass is 10.1. The lowest BCUT2D eigenvalue weighted by molar-refractivity contribution is -0.147. The molecule has 2 N–H and O–H groups in total. The normalized spacial score (nSPS) is 13.1. The zero-order valence-corrected chi connectivity index (χ0v) is 33.6. The molecule has 0 aliphatic carbocycles. The average Bonchev–Trinajstić information content (AvgIpc) is 3.14. The maximum absolute atomic E-state index is 12.7. The second-order valence-electron chi connectivity index (χ2n) is 13.5. The minimum Gasteiger partial charge on any atom is -0.480 e. The van der Waals surface area contributed by atoms with E-state index in [-0.39, 0.29) is 24.5 Å². The number of carbonyl (C=O) groups is 3. The van der Waals surface area contributed by atoms with Gasteiger partial charge in [-0.2, -0.15) is 0 Å². The van der Waals surface area contributed by atoms with Crippen LogP contribution in [-0.4, -0.2) is 35.6 Å². The van der Waals surface area contributed by atoms with E-state index in [0.29, 0.717) is 12.8 Å². The smallest absolute Gasteiger partial charge is 0.322 e. The summed E-state index contributed by atoms with van der Waals surface area (Å²) >= 11 is 0. The summed E-state index contributed by atoms with van der Waals surface area (Å²) in [5.41, 5.74) is 0. The van der Waals surface area contributed by atoms with Crippen molar-refractivity contribution in [2.24, 2.45) is 0 Å². The molecule has 0 spiro atoms. The number of nitrogens with one attached hydrogen (secondary N) is 1. The molecule has 6 heteroatoms. The maximum Gasteiger partial charge on any atom is 0.322 e. The second kappa shape index (κ2) is 41.1. The number of ether oxygens (including phenoxy) is 1. The van der Waals surface area contributed by atoms with E-state index in [9.17, 15) is 14.4 Å². The summed E-state index contributed by atoms with van der Waals surface area (Å²) in [6.07, 6.45) is 58.3. The van der Waals surface area contributed by atoms with Crippen molar-refractivity contribution in [2.45, 2.75) is 174 Å². The first-order valence-corrected chi connectivity index (χ1v) is 20.9. The number of amides is 1. The van der Waals surface area contributed by atoms with Gasteiger partial charge in [-0.1, -0.05) is 156 Å². The molecule has 0 aromatic heterocycles. The molecule has 0 bridgehead atoms. The zero-order valence-electron chi connectivity index (χ0n) is 33.6. The van der Waals surface area contributed by atoms with E-state index in [0.717, 1.165) is 103 Å². The van der Waals surface area contributed by atoms with Crippen molar-refractivity contribution in [3.63, 3.8) is 0 Å². The Morgan fingerprint density at radius 2 is 1.00 bits per heavy atom. The van der Waals surface area contributed by atoms with Gasteiger partial charge in [0.2, 0.25) is 5.91 Å². The molecule has 0 radical (unpaired) electrons. The van der Waals surface area contributed by atoms with Gasteiger partial charge in [-0.25, -0.2) is 0 Å². The number of esters is 1. The highest BCUT2D eigenvalue weighted by Gasteiger charge is 2.11. The van der Waals surface area contributed by atoms with Crippen LogP contribution in [0, 0.1) is 0 Å². The van der Waals surface area contributed by atoms with E-state index >= 15 is 0 Å². The van der Waals surface area contributed by atoms with Crippen molar-refractivity contribution in [2.75, 3.05) is 6.54 Å². The summed E-state index contributed by atoms with van der Waals surface area (Å²) in [7, 11) is 0. The number of allylic oxidation sites excluding steroid dienone is 15. The van der Waals surface area contributed by atoms with Crippen LogP contribution < -0.4 is 5.32 Å². The van der Waals surface area contributed by atoms with Gasteiger partial charge in [0.25, 0.3) is 0 Å². The Labute approximate surface area is 324 Å². The predicted octanol–water partition coefficient (Wildman–Crippen LogP) is 13.0. The van der Waals surface area contributed by atoms with Crippen LogP contribution in [0.15, 0.2) is 97.2 Å². The molecular formula is C47H75NO5. The largest absolute Gasteiger partial charge is 0.480 e. The Morgan fingerprint density at radius 3 is 1.55 bits per heavy atom. The molecule has 0 aromatic rings. The molecule has 0 aromatic carbocycles. The quantitative estimate of drug-likeness (QED) is 0.0380. The van der Waals surface area contributed by atoms with E-state index in [1.54, 1.807) is 0 Å². The Balaban J connectivity index is 4.25. The maximum atomic E-state index is 12.7. The second-order valence-corrected chi connectivity index (χ2v) is 13.5. The standard InChI is InChI=1S/C47H75NO5/c1-3-5-7-9-11-13-14-15-16-17-18-19-20-21-22-23-24-25-26-28-30-32-38-42-47(52)53-44(39-35-31-29-27-12-10-8-6-4-2)40-36-33-34-37-41-45(49)48-43-46(50)51/h5,7,11,13,15-16,18-19,21-22,24-25,28,30,35,39,44H,3-4,6,8-10,12,14,17,20,23,26-27,29,31-34,36-38,40-43H2,1-2H3,(H,48,49)(H,50,51)/b7-5-,13-11-,16-15-,19-18-,22-21-,25-24-,30-28-,39-35-. The Hall–Kier alpha value is -3.67. The summed E-state index contributed by atoms with van der Waals surface area (Å²) in [6, 6.07) is 0. The third-order valence-corrected chi connectivity index (χ3v) is 8.47. The number of carbonyl (C=O) groups excluding carboxylic acids is 2. The third-order valence-electron chi connectivity index (χ3n) is 8.47. The van der Waals surface area contributed by atoms with E-state index in [1.165, 1.54) is 38.5 Å². The van der Waals surface area contributed by atoms with Gasteiger partial charge < -0.3 is 15.2 Å². The molecule has 0 saturated carbocycles. The number of unbranched alkanes of at least 4 members (excludes halogenated alkanes) is 11. The molecule has 53 heavy (non-hydrogen) atoms. The molecule has 0 aliphatic rings. The lowest BCUT2D eigenvalue weighted by Gasteiger charge is -2.14. The van der Waals surface area contributed by atoms with Crippen molar-refractivity contribution >= 4 is 17.8 Å². The van der Waals surface area contributed by atoms with Crippen molar-refractivity contribution in [3.05, 3.63) is 97.2 Å². The molecular weight excluding hydrogens is 659 g/mol. The monoisotopic (exact) mass is 734 g/mol. The van der Waals surface area contributed by atoms with Crippen LogP contribution in [0.5, 0.6) is 0 Å². The van der Waals surface area contributed by atoms with Gasteiger partial charge in [0, 0.05) is 12.8 Å². The van der Waals surface area contributed by atoms with Crippen LogP contribution in [0.3, 0.4) is 0 Å². The minimum atomic E-state index is -1.03. The Morgan fingerprint density at radius 1 is 0.528 bits per heavy atom. The van der Waals surface area contributed by atoms with E-state index in [2.05, 4.69) is 116 Å². The summed E-state index contributed by atoms with van der Waals surface area (Å²) in [5.74, 6) is -1.40. The van der Waals surface area contributed by atoms with Crippen molar-refractivity contribution in [3.8, 4) is 0 Å². The van der Waals surface area contributed by atoms with Crippen molar-refractivity contribution in [1.82, 2.24) is 5.32 Å². The highest BCUT2D eigenvalue weighted by Crippen LogP contribution is 2.14. The molecule has 1 atom stereocenters. The predicted molar refractivity (Wildman–Crippen MR) is 226 cm³/mol. The summed E-state index contributed by atoms with van der Waals surface area (Å²) in [4.78, 5) is 34.9. The molecule has 0 saturated heterocycles. The fourth-order valence-electron chi connectivity index (χ4n) is 5.41. The molecule has 1 amide bonds. The van der Waals surface area contributed by atoms with Gasteiger partial charge in [-0.3, -0.25) is 14.4 Å². The van der Waals surface area contributed by atoms with Crippen LogP contribution in [0.2, 0.25) is 0 Å². The number of carboxylic acid groups (broad SMARTS) is 1. The van der Waals surface area contributed by atoms with Crippen LogP contribution in [0.4, 0.5) is 0 Å². The minimum absolute atomic E-state index is 0.143. The van der Waals surface area contributed by atoms with Gasteiger partial charge >= 0.3 is 11.9 Å². The Kier molecular flexibility index (Phi) is 38.2. The van der Waals surface area contributed by atoms with E-state index in [1.807, 2.05) is 0 Å². The number of aliphatic carboxylic acids is 1. The van der Waals surface area contributed by atoms with Crippen molar-refractivity contribution < 1.29 is 24.2 Å². The topological polar surface area (TPSA) is 92.7 Å². The van der Waals surface area contributed by atoms with Crippen LogP contribution in [0.1, 0.15) is 168 Å². The fraction of sp³-hybridized carbons (Fsp3) is 0.596. The SMILES string of the molecule is CC/C=C\C/C=C\C/C=C\C/C=C\C/C=C\C/C=C\C/C=C\CCCC(=O)OC(/C=C\CCCCCCCCC)CCCCCCC(=O)NCC(=O)O.